The lowest BCUT2D eigenvalue weighted by Gasteiger charge is -2.39. The minimum Gasteiger partial charge on any atom is -0.470 e. The van der Waals surface area contributed by atoms with Crippen LogP contribution in [0.1, 0.15) is 33.1 Å². The van der Waals surface area contributed by atoms with Crippen LogP contribution in [-0.2, 0) is 14.3 Å². The maximum atomic E-state index is 12.1. The average molecular weight is 330 g/mol. The molecule has 1 heterocycles. The Kier molecular flexibility index (Phi) is 6.16. The Morgan fingerprint density at radius 3 is 2.57 bits per heavy atom. The first-order chi connectivity index (χ1) is 10.8. The normalized spacial score (nSPS) is 42.6. The Bertz CT molecular complexity index is 448. The third-order valence-electron chi connectivity index (χ3n) is 4.67. The number of aliphatic hydroxyl groups excluding tert-OH is 4. The smallest absolute Gasteiger partial charge is 0.228 e. The highest BCUT2D eigenvalue weighted by Gasteiger charge is 2.44. The molecule has 0 bridgehead atoms. The van der Waals surface area contributed by atoms with Crippen LogP contribution in [-0.4, -0.2) is 63.5 Å². The number of allylic oxidation sites excluding steroid dienone is 1. The first-order valence-electron chi connectivity index (χ1n) is 8.00. The van der Waals surface area contributed by atoms with Crippen LogP contribution in [0.5, 0.6) is 0 Å². The number of rotatable bonds is 4. The predicted molar refractivity (Wildman–Crippen MR) is 80.1 cm³/mol. The molecule has 1 aliphatic heterocycles. The van der Waals surface area contributed by atoms with Gasteiger partial charge >= 0.3 is 0 Å². The monoisotopic (exact) mass is 330 g/mol. The van der Waals surface area contributed by atoms with E-state index in [4.69, 9.17) is 14.6 Å². The second kappa shape index (κ2) is 7.72. The molecule has 1 aliphatic carbocycles. The zero-order valence-corrected chi connectivity index (χ0v) is 13.5. The summed E-state index contributed by atoms with van der Waals surface area (Å²) in [5, 5.41) is 38.4. The van der Waals surface area contributed by atoms with Crippen molar-refractivity contribution in [2.24, 2.45) is 11.8 Å². The van der Waals surface area contributed by atoms with Gasteiger partial charge in [-0.25, -0.2) is 0 Å². The summed E-state index contributed by atoms with van der Waals surface area (Å²) in [6.45, 7) is 3.33. The zero-order valence-electron chi connectivity index (χ0n) is 13.5. The van der Waals surface area contributed by atoms with Crippen LogP contribution in [0.4, 0.5) is 0 Å². The van der Waals surface area contributed by atoms with Crippen LogP contribution in [0.3, 0.4) is 0 Å². The largest absolute Gasteiger partial charge is 0.470 e. The number of Topliss-reactive ketones (excluding diaryl/α,β-unsaturated/α-hetero) is 1. The maximum Gasteiger partial charge on any atom is 0.228 e. The molecule has 7 nitrogen and oxygen atoms in total. The summed E-state index contributed by atoms with van der Waals surface area (Å²) in [6, 6.07) is 0. The second-order valence-electron chi connectivity index (χ2n) is 6.60. The Hall–Kier alpha value is -0.990. The number of hydrogen-bond donors (Lipinski definition) is 4. The van der Waals surface area contributed by atoms with Gasteiger partial charge in [-0.05, 0) is 31.3 Å². The highest BCUT2D eigenvalue weighted by Crippen LogP contribution is 2.31. The zero-order chi connectivity index (χ0) is 17.1. The first-order valence-corrected chi connectivity index (χ1v) is 8.00. The molecule has 23 heavy (non-hydrogen) atoms. The summed E-state index contributed by atoms with van der Waals surface area (Å²) in [6.07, 6.45) is -2.90. The van der Waals surface area contributed by atoms with Gasteiger partial charge in [-0.1, -0.05) is 6.92 Å². The molecule has 0 aromatic rings. The van der Waals surface area contributed by atoms with E-state index in [-0.39, 0.29) is 11.7 Å². The predicted octanol–water partition coefficient (Wildman–Crippen LogP) is -0.288. The molecule has 7 unspecified atom stereocenters. The SMILES string of the molecule is C/C(=C\OC1OC(CO)C(O)C(O)C1O)C1CCC(C)CC1=O. The molecule has 2 aliphatic rings. The van der Waals surface area contributed by atoms with Crippen LogP contribution >= 0.6 is 0 Å². The van der Waals surface area contributed by atoms with Gasteiger partial charge in [-0.15, -0.1) is 0 Å². The molecule has 0 spiro atoms. The van der Waals surface area contributed by atoms with Crippen molar-refractivity contribution in [3.05, 3.63) is 11.8 Å². The highest BCUT2D eigenvalue weighted by molar-refractivity contribution is 5.84. The van der Waals surface area contributed by atoms with Crippen LogP contribution in [0.2, 0.25) is 0 Å². The van der Waals surface area contributed by atoms with E-state index in [2.05, 4.69) is 6.92 Å². The lowest BCUT2D eigenvalue weighted by atomic mass is 9.79. The molecule has 7 heteroatoms. The van der Waals surface area contributed by atoms with Gasteiger partial charge in [0.2, 0.25) is 6.29 Å². The van der Waals surface area contributed by atoms with Gasteiger partial charge in [0.15, 0.2) is 0 Å². The van der Waals surface area contributed by atoms with Crippen molar-refractivity contribution in [1.29, 1.82) is 0 Å². The standard InChI is InChI=1S/C16H26O7/c1-8-3-4-10(11(18)5-8)9(2)7-22-16-15(21)14(20)13(19)12(6-17)23-16/h7-8,10,12-17,19-21H,3-6H2,1-2H3/b9-7+. The fourth-order valence-electron chi connectivity index (χ4n) is 3.12. The van der Waals surface area contributed by atoms with Crippen molar-refractivity contribution >= 4 is 5.78 Å². The molecule has 2 fully saturated rings. The van der Waals surface area contributed by atoms with Crippen LogP contribution in [0.15, 0.2) is 11.8 Å². The minimum absolute atomic E-state index is 0.176. The van der Waals surface area contributed by atoms with Gasteiger partial charge < -0.3 is 29.9 Å². The van der Waals surface area contributed by atoms with Crippen molar-refractivity contribution in [3.8, 4) is 0 Å². The summed E-state index contributed by atoms with van der Waals surface area (Å²) in [4.78, 5) is 12.1. The summed E-state index contributed by atoms with van der Waals surface area (Å²) in [5.74, 6) is 0.379. The van der Waals surface area contributed by atoms with E-state index in [9.17, 15) is 20.1 Å². The van der Waals surface area contributed by atoms with E-state index < -0.39 is 37.3 Å². The topological polar surface area (TPSA) is 116 Å². The average Bonchev–Trinajstić information content (AvgIpc) is 2.51. The molecule has 1 saturated heterocycles. The Morgan fingerprint density at radius 2 is 1.96 bits per heavy atom. The summed E-state index contributed by atoms with van der Waals surface area (Å²) in [7, 11) is 0. The Labute approximate surface area is 135 Å². The van der Waals surface area contributed by atoms with E-state index in [0.717, 1.165) is 18.4 Å². The van der Waals surface area contributed by atoms with E-state index >= 15 is 0 Å². The van der Waals surface area contributed by atoms with Crippen LogP contribution in [0.25, 0.3) is 0 Å². The van der Waals surface area contributed by atoms with Crippen molar-refractivity contribution in [2.75, 3.05) is 6.61 Å². The lowest BCUT2D eigenvalue weighted by Crippen LogP contribution is -2.58. The lowest BCUT2D eigenvalue weighted by molar-refractivity contribution is -0.288. The molecule has 0 amide bonds. The molecule has 7 atom stereocenters. The molecule has 1 saturated carbocycles. The van der Waals surface area contributed by atoms with E-state index in [0.29, 0.717) is 12.3 Å². The van der Waals surface area contributed by atoms with Crippen LogP contribution in [0, 0.1) is 11.8 Å². The highest BCUT2D eigenvalue weighted by atomic mass is 16.7. The quantitative estimate of drug-likeness (QED) is 0.523. The second-order valence-corrected chi connectivity index (χ2v) is 6.60. The number of aliphatic hydroxyl groups is 4. The molecule has 0 radical (unpaired) electrons. The number of carbonyl (C=O) groups is 1. The summed E-state index contributed by atoms with van der Waals surface area (Å²) >= 11 is 0. The summed E-state index contributed by atoms with van der Waals surface area (Å²) in [5.41, 5.74) is 0.735. The third-order valence-corrected chi connectivity index (χ3v) is 4.67. The maximum absolute atomic E-state index is 12.1. The van der Waals surface area contributed by atoms with Gasteiger partial charge in [0, 0.05) is 12.3 Å². The van der Waals surface area contributed by atoms with E-state index in [1.54, 1.807) is 6.92 Å². The Morgan fingerprint density at radius 1 is 1.26 bits per heavy atom. The van der Waals surface area contributed by atoms with Crippen molar-refractivity contribution in [1.82, 2.24) is 0 Å². The number of ketones is 1. The molecule has 0 aromatic heterocycles. The van der Waals surface area contributed by atoms with Gasteiger partial charge in [-0.3, -0.25) is 4.79 Å². The summed E-state index contributed by atoms with van der Waals surface area (Å²) < 4.78 is 10.6. The molecular formula is C16H26O7. The Balaban J connectivity index is 1.99. The number of ether oxygens (including phenoxy) is 2. The molecule has 2 rings (SSSR count). The third kappa shape index (κ3) is 4.10. The van der Waals surface area contributed by atoms with Crippen LogP contribution < -0.4 is 0 Å². The van der Waals surface area contributed by atoms with Gasteiger partial charge in [0.05, 0.1) is 12.9 Å². The molecular weight excluding hydrogens is 304 g/mol. The number of hydrogen-bond acceptors (Lipinski definition) is 7. The van der Waals surface area contributed by atoms with Gasteiger partial charge in [0.25, 0.3) is 0 Å². The minimum atomic E-state index is -1.48. The van der Waals surface area contributed by atoms with Gasteiger partial charge in [-0.2, -0.15) is 0 Å². The van der Waals surface area contributed by atoms with Crippen molar-refractivity contribution in [2.45, 2.75) is 63.8 Å². The van der Waals surface area contributed by atoms with E-state index in [1.165, 1.54) is 6.26 Å². The first kappa shape index (κ1) is 18.4. The molecule has 0 aromatic carbocycles. The van der Waals surface area contributed by atoms with Gasteiger partial charge in [0.1, 0.15) is 30.2 Å². The molecule has 4 N–H and O–H groups in total. The van der Waals surface area contributed by atoms with Crippen molar-refractivity contribution in [3.63, 3.8) is 0 Å². The van der Waals surface area contributed by atoms with E-state index in [1.807, 2.05) is 0 Å². The molecule has 132 valence electrons. The fourth-order valence-corrected chi connectivity index (χ4v) is 3.12. The number of carbonyl (C=O) groups excluding carboxylic acids is 1. The fraction of sp³-hybridized carbons (Fsp3) is 0.812. The van der Waals surface area contributed by atoms with Crippen molar-refractivity contribution < 1.29 is 34.7 Å².